The largest absolute Gasteiger partial charge is 0.508 e. The molecule has 0 fully saturated rings. The first kappa shape index (κ1) is 20.2. The number of benzene rings is 1. The molecule has 0 amide bonds. The Kier molecular flexibility index (Phi) is 5.96. The van der Waals surface area contributed by atoms with Crippen molar-refractivity contribution in [2.24, 2.45) is 5.92 Å². The van der Waals surface area contributed by atoms with E-state index in [4.69, 9.17) is 0 Å². The van der Waals surface area contributed by atoms with Crippen molar-refractivity contribution in [2.45, 2.75) is 40.3 Å². The third-order valence-electron chi connectivity index (χ3n) is 4.35. The van der Waals surface area contributed by atoms with Crippen molar-refractivity contribution in [3.8, 4) is 5.75 Å². The molecule has 0 aliphatic heterocycles. The van der Waals surface area contributed by atoms with Crippen LogP contribution in [0.2, 0.25) is 0 Å². The molecule has 26 heavy (non-hydrogen) atoms. The summed E-state index contributed by atoms with van der Waals surface area (Å²) in [6, 6.07) is 5.09. The molecule has 0 aliphatic rings. The predicted molar refractivity (Wildman–Crippen MR) is 99.5 cm³/mol. The molecule has 0 saturated heterocycles. The Balaban J connectivity index is 2.69. The minimum atomic E-state index is -4.57. The quantitative estimate of drug-likeness (QED) is 0.594. The summed E-state index contributed by atoms with van der Waals surface area (Å²) < 4.78 is 40.5. The predicted octanol–water partition coefficient (Wildman–Crippen LogP) is 6.57. The van der Waals surface area contributed by atoms with Gasteiger partial charge in [0.25, 0.3) is 0 Å². The molecule has 140 valence electrons. The van der Waals surface area contributed by atoms with E-state index in [1.165, 1.54) is 30.4 Å². The fourth-order valence-electron chi connectivity index (χ4n) is 2.68. The van der Waals surface area contributed by atoms with Crippen molar-refractivity contribution in [3.63, 3.8) is 0 Å². The number of hydrogen-bond acceptors (Lipinski definition) is 3. The summed E-state index contributed by atoms with van der Waals surface area (Å²) in [4.78, 5) is 12.9. The van der Waals surface area contributed by atoms with E-state index in [-0.39, 0.29) is 17.3 Å². The molecule has 1 unspecified atom stereocenters. The average molecular weight is 382 g/mol. The average Bonchev–Trinajstić information content (AvgIpc) is 2.92. The zero-order chi connectivity index (χ0) is 19.6. The molecule has 2 nitrogen and oxygen atoms in total. The third-order valence-corrected chi connectivity index (χ3v) is 5.64. The Morgan fingerprint density at radius 1 is 1.31 bits per heavy atom. The number of halogens is 3. The number of carbonyl (C=O) groups excluding carboxylic acids is 1. The number of Topliss-reactive ketones (excluding diaryl/α,β-unsaturated/α-hetero) is 1. The maximum Gasteiger partial charge on any atom is 0.417 e. The highest BCUT2D eigenvalue weighted by molar-refractivity contribution is 7.15. The molecular weight excluding hydrogens is 361 g/mol. The lowest BCUT2D eigenvalue weighted by atomic mass is 9.88. The van der Waals surface area contributed by atoms with Crippen LogP contribution in [0.1, 0.15) is 58.4 Å². The molecule has 0 saturated carbocycles. The first-order valence-electron chi connectivity index (χ1n) is 8.28. The summed E-state index contributed by atoms with van der Waals surface area (Å²) >= 11 is 1.28. The first-order valence-corrected chi connectivity index (χ1v) is 9.09. The topological polar surface area (TPSA) is 37.3 Å². The Hall–Kier alpha value is -2.08. The van der Waals surface area contributed by atoms with E-state index in [0.717, 1.165) is 16.5 Å². The normalized spacial score (nSPS) is 13.7. The maximum absolute atomic E-state index is 13.5. The number of thiophene rings is 1. The van der Waals surface area contributed by atoms with Gasteiger partial charge in [0, 0.05) is 4.88 Å². The smallest absolute Gasteiger partial charge is 0.417 e. The van der Waals surface area contributed by atoms with E-state index < -0.39 is 17.5 Å². The second-order valence-corrected chi connectivity index (χ2v) is 7.43. The van der Waals surface area contributed by atoms with E-state index in [1.54, 1.807) is 12.1 Å². The highest BCUT2D eigenvalue weighted by atomic mass is 32.1. The summed E-state index contributed by atoms with van der Waals surface area (Å²) in [7, 11) is 0. The number of phenolic OH excluding ortho intramolecular Hbond substituents is 1. The van der Waals surface area contributed by atoms with E-state index in [9.17, 15) is 23.1 Å². The van der Waals surface area contributed by atoms with Gasteiger partial charge in [-0.05, 0) is 67.2 Å². The van der Waals surface area contributed by atoms with Gasteiger partial charge in [0.15, 0.2) is 5.78 Å². The highest BCUT2D eigenvalue weighted by Gasteiger charge is 2.35. The molecule has 1 aromatic heterocycles. The van der Waals surface area contributed by atoms with Gasteiger partial charge in [-0.2, -0.15) is 13.2 Å². The van der Waals surface area contributed by atoms with Gasteiger partial charge in [-0.15, -0.1) is 11.3 Å². The molecule has 2 aromatic rings. The molecule has 1 heterocycles. The van der Waals surface area contributed by atoms with Crippen molar-refractivity contribution in [1.29, 1.82) is 0 Å². The van der Waals surface area contributed by atoms with Crippen LogP contribution in [-0.4, -0.2) is 10.9 Å². The van der Waals surface area contributed by atoms with Crippen LogP contribution >= 0.6 is 11.3 Å². The van der Waals surface area contributed by atoms with E-state index in [0.29, 0.717) is 16.9 Å². The molecule has 0 spiro atoms. The van der Waals surface area contributed by atoms with Crippen molar-refractivity contribution in [3.05, 3.63) is 50.7 Å². The van der Waals surface area contributed by atoms with Crippen molar-refractivity contribution in [1.82, 2.24) is 0 Å². The lowest BCUT2D eigenvalue weighted by Crippen LogP contribution is -2.11. The zero-order valence-electron chi connectivity index (χ0n) is 15.1. The number of phenols is 1. The van der Waals surface area contributed by atoms with Gasteiger partial charge in [-0.1, -0.05) is 19.9 Å². The second kappa shape index (κ2) is 7.66. The van der Waals surface area contributed by atoms with Gasteiger partial charge in [0.05, 0.1) is 10.4 Å². The second-order valence-electron chi connectivity index (χ2n) is 6.35. The van der Waals surface area contributed by atoms with Crippen molar-refractivity contribution >= 4 is 28.8 Å². The van der Waals surface area contributed by atoms with Gasteiger partial charge in [-0.25, -0.2) is 0 Å². The zero-order valence-corrected chi connectivity index (χ0v) is 15.9. The number of hydrogen-bond donors (Lipinski definition) is 1. The van der Waals surface area contributed by atoms with Crippen LogP contribution < -0.4 is 0 Å². The van der Waals surface area contributed by atoms with Crippen molar-refractivity contribution in [2.75, 3.05) is 0 Å². The third kappa shape index (κ3) is 4.36. The number of rotatable bonds is 5. The fourth-order valence-corrected chi connectivity index (χ4v) is 3.70. The molecule has 1 atom stereocenters. The summed E-state index contributed by atoms with van der Waals surface area (Å²) in [5.74, 6) is -0.609. The minimum Gasteiger partial charge on any atom is -0.508 e. The van der Waals surface area contributed by atoms with Gasteiger partial charge < -0.3 is 5.11 Å². The lowest BCUT2D eigenvalue weighted by molar-refractivity contribution is -0.137. The summed E-state index contributed by atoms with van der Waals surface area (Å²) in [5, 5.41) is 9.52. The molecule has 1 aromatic carbocycles. The van der Waals surface area contributed by atoms with Crippen LogP contribution in [0.3, 0.4) is 0 Å². The standard InChI is InChI=1S/C20H21F3O2S/c1-5-11(2)16(10-18-12(3)8-19(26-18)13(4)24)15-7-6-14(25)9-17(15)20(21,22)23/h6-11,25H,5H2,1-4H3/b16-10+. The molecule has 2 rings (SSSR count). The number of allylic oxidation sites excluding steroid dienone is 1. The summed E-state index contributed by atoms with van der Waals surface area (Å²) in [6.45, 7) is 7.09. The summed E-state index contributed by atoms with van der Waals surface area (Å²) in [5.41, 5.74) is 0.597. The van der Waals surface area contributed by atoms with Gasteiger partial charge in [0.2, 0.25) is 0 Å². The van der Waals surface area contributed by atoms with Crippen LogP contribution in [0.4, 0.5) is 13.2 Å². The molecule has 0 bridgehead atoms. The monoisotopic (exact) mass is 382 g/mol. The number of aromatic hydroxyl groups is 1. The SMILES string of the molecule is CCC(C)/C(=C\c1sc(C(C)=O)cc1C)c1ccc(O)cc1C(F)(F)F. The van der Waals surface area contributed by atoms with Gasteiger partial charge in [-0.3, -0.25) is 4.79 Å². The number of ketones is 1. The maximum atomic E-state index is 13.5. The van der Waals surface area contributed by atoms with Crippen LogP contribution in [0.15, 0.2) is 24.3 Å². The Bertz CT molecular complexity index is 847. The molecule has 1 N–H and O–H groups in total. The molecule has 0 radical (unpaired) electrons. The van der Waals surface area contributed by atoms with E-state index >= 15 is 0 Å². The molecular formula is C20H21F3O2S. The van der Waals surface area contributed by atoms with Crippen molar-refractivity contribution < 1.29 is 23.1 Å². The van der Waals surface area contributed by atoms with Gasteiger partial charge >= 0.3 is 6.18 Å². The van der Waals surface area contributed by atoms with E-state index in [1.807, 2.05) is 20.8 Å². The summed E-state index contributed by atoms with van der Waals surface area (Å²) in [6.07, 6.45) is -2.17. The van der Waals surface area contributed by atoms with Crippen LogP contribution in [0.5, 0.6) is 5.75 Å². The van der Waals surface area contributed by atoms with Crippen LogP contribution in [0.25, 0.3) is 11.6 Å². The molecule has 6 heteroatoms. The van der Waals surface area contributed by atoms with E-state index in [2.05, 4.69) is 0 Å². The lowest BCUT2D eigenvalue weighted by Gasteiger charge is -2.20. The van der Waals surface area contributed by atoms with Crippen LogP contribution in [0, 0.1) is 12.8 Å². The van der Waals surface area contributed by atoms with Crippen LogP contribution in [-0.2, 0) is 6.18 Å². The Morgan fingerprint density at radius 2 is 1.96 bits per heavy atom. The Morgan fingerprint density at radius 3 is 2.46 bits per heavy atom. The molecule has 0 aliphatic carbocycles. The number of aryl methyl sites for hydroxylation is 1. The number of alkyl halides is 3. The first-order chi connectivity index (χ1) is 12.0. The Labute approximate surface area is 155 Å². The highest BCUT2D eigenvalue weighted by Crippen LogP contribution is 2.41. The van der Waals surface area contributed by atoms with Gasteiger partial charge in [0.1, 0.15) is 5.75 Å². The number of carbonyl (C=O) groups is 1. The fraction of sp³-hybridized carbons (Fsp3) is 0.350. The minimum absolute atomic E-state index is 0.0572.